The van der Waals surface area contributed by atoms with Gasteiger partial charge in [0.05, 0.1) is 5.69 Å². The fourth-order valence-electron chi connectivity index (χ4n) is 3.19. The molecule has 3 aromatic rings. The monoisotopic (exact) mass is 349 g/mol. The molecule has 2 heterocycles. The Balaban J connectivity index is 1.65. The van der Waals surface area contributed by atoms with Crippen molar-refractivity contribution in [1.82, 2.24) is 15.1 Å². The molecular weight excluding hydrogens is 330 g/mol. The predicted molar refractivity (Wildman–Crippen MR) is 101 cm³/mol. The maximum Gasteiger partial charge on any atom is 0.272 e. The number of nitrogens with one attached hydrogen (secondary N) is 1. The Labute approximate surface area is 151 Å². The number of aromatic nitrogens is 2. The molecule has 0 radical (unpaired) electrons. The average Bonchev–Trinajstić information content (AvgIpc) is 2.98. The number of aryl methyl sites for hydroxylation is 2. The van der Waals surface area contributed by atoms with Gasteiger partial charge in [-0.2, -0.15) is 5.10 Å². The van der Waals surface area contributed by atoms with E-state index in [1.807, 2.05) is 42.1 Å². The van der Waals surface area contributed by atoms with Crippen molar-refractivity contribution >= 4 is 17.7 Å². The summed E-state index contributed by atoms with van der Waals surface area (Å²) in [6, 6.07) is 16.4. The molecule has 126 valence electrons. The van der Waals surface area contributed by atoms with Crippen molar-refractivity contribution in [3.8, 4) is 11.3 Å². The van der Waals surface area contributed by atoms with Gasteiger partial charge in [0.1, 0.15) is 0 Å². The van der Waals surface area contributed by atoms with E-state index >= 15 is 0 Å². The van der Waals surface area contributed by atoms with Gasteiger partial charge < -0.3 is 5.32 Å². The lowest BCUT2D eigenvalue weighted by atomic mass is 10.0. The Kier molecular flexibility index (Phi) is 4.09. The van der Waals surface area contributed by atoms with Crippen LogP contribution in [0.3, 0.4) is 0 Å². The van der Waals surface area contributed by atoms with E-state index in [0.717, 1.165) is 22.6 Å². The van der Waals surface area contributed by atoms with Crippen molar-refractivity contribution in [2.24, 2.45) is 7.05 Å². The zero-order chi connectivity index (χ0) is 17.4. The molecule has 1 aliphatic rings. The number of thioether (sulfide) groups is 1. The third kappa shape index (κ3) is 2.96. The topological polar surface area (TPSA) is 46.9 Å². The minimum absolute atomic E-state index is 0.114. The molecule has 0 saturated carbocycles. The minimum Gasteiger partial charge on any atom is -0.347 e. The highest BCUT2D eigenvalue weighted by molar-refractivity contribution is 7.98. The molecule has 1 aromatic heterocycles. The first-order valence-corrected chi connectivity index (χ1v) is 9.24. The normalized spacial score (nSPS) is 12.4. The highest BCUT2D eigenvalue weighted by atomic mass is 32.2. The van der Waals surface area contributed by atoms with Gasteiger partial charge in [0.15, 0.2) is 5.69 Å². The molecule has 4 nitrogen and oxygen atoms in total. The number of nitrogens with zero attached hydrogens (tertiary/aromatic N) is 2. The van der Waals surface area contributed by atoms with E-state index in [1.54, 1.807) is 11.8 Å². The second-order valence-electron chi connectivity index (χ2n) is 6.26. The quantitative estimate of drug-likeness (QED) is 0.779. The van der Waals surface area contributed by atoms with Crippen LogP contribution in [0.4, 0.5) is 0 Å². The first-order chi connectivity index (χ1) is 12.1. The highest BCUT2D eigenvalue weighted by Crippen LogP contribution is 2.42. The molecule has 5 heteroatoms. The molecule has 0 spiro atoms. The molecule has 0 unspecified atom stereocenters. The minimum atomic E-state index is -0.114. The Morgan fingerprint density at radius 1 is 1.24 bits per heavy atom. The summed E-state index contributed by atoms with van der Waals surface area (Å²) >= 11 is 1.77. The van der Waals surface area contributed by atoms with Crippen molar-refractivity contribution < 1.29 is 4.79 Å². The fourth-order valence-corrected chi connectivity index (χ4v) is 4.24. The van der Waals surface area contributed by atoms with Crippen LogP contribution in [-0.4, -0.2) is 15.7 Å². The largest absolute Gasteiger partial charge is 0.347 e. The fraction of sp³-hybridized carbons (Fsp3) is 0.200. The second-order valence-corrected chi connectivity index (χ2v) is 7.27. The van der Waals surface area contributed by atoms with Crippen LogP contribution in [-0.2, 0) is 19.3 Å². The van der Waals surface area contributed by atoms with Crippen molar-refractivity contribution in [3.05, 3.63) is 70.9 Å². The Morgan fingerprint density at radius 2 is 2.04 bits per heavy atom. The first kappa shape index (κ1) is 16.0. The van der Waals surface area contributed by atoms with E-state index < -0.39 is 0 Å². The second kappa shape index (κ2) is 6.41. The molecule has 4 rings (SSSR count). The Morgan fingerprint density at radius 3 is 2.84 bits per heavy atom. The zero-order valence-corrected chi connectivity index (χ0v) is 15.1. The maximum absolute atomic E-state index is 12.7. The van der Waals surface area contributed by atoms with Crippen molar-refractivity contribution in [1.29, 1.82) is 0 Å². The van der Waals surface area contributed by atoms with Gasteiger partial charge >= 0.3 is 0 Å². The van der Waals surface area contributed by atoms with Gasteiger partial charge in [-0.1, -0.05) is 42.0 Å². The smallest absolute Gasteiger partial charge is 0.272 e. The third-order valence-electron chi connectivity index (χ3n) is 4.42. The number of fused-ring (bicyclic) bond motifs is 3. The zero-order valence-electron chi connectivity index (χ0n) is 14.2. The van der Waals surface area contributed by atoms with Crippen LogP contribution in [0.1, 0.15) is 27.2 Å². The first-order valence-electron chi connectivity index (χ1n) is 8.25. The van der Waals surface area contributed by atoms with E-state index in [9.17, 15) is 4.79 Å². The van der Waals surface area contributed by atoms with Gasteiger partial charge in [0.25, 0.3) is 5.91 Å². The highest BCUT2D eigenvalue weighted by Gasteiger charge is 2.27. The van der Waals surface area contributed by atoms with Gasteiger partial charge in [-0.05, 0) is 24.6 Å². The number of carbonyl (C=O) groups is 1. The van der Waals surface area contributed by atoms with Gasteiger partial charge in [-0.25, -0.2) is 0 Å². The molecule has 2 aromatic carbocycles. The van der Waals surface area contributed by atoms with Crippen LogP contribution in [0.15, 0.2) is 53.4 Å². The van der Waals surface area contributed by atoms with E-state index in [0.29, 0.717) is 12.2 Å². The summed E-state index contributed by atoms with van der Waals surface area (Å²) in [5.74, 6) is 0.658. The van der Waals surface area contributed by atoms with E-state index in [2.05, 4.69) is 35.5 Å². The van der Waals surface area contributed by atoms with Crippen LogP contribution >= 0.6 is 11.8 Å². The van der Waals surface area contributed by atoms with Crippen molar-refractivity contribution in [3.63, 3.8) is 0 Å². The lowest BCUT2D eigenvalue weighted by Gasteiger charge is -2.17. The van der Waals surface area contributed by atoms with Crippen LogP contribution in [0.2, 0.25) is 0 Å². The molecule has 0 atom stereocenters. The van der Waals surface area contributed by atoms with Crippen molar-refractivity contribution in [2.75, 3.05) is 0 Å². The van der Waals surface area contributed by atoms with Gasteiger partial charge in [0.2, 0.25) is 0 Å². The number of amides is 1. The van der Waals surface area contributed by atoms with Gasteiger partial charge in [0, 0.05) is 35.4 Å². The molecule has 0 saturated heterocycles. The van der Waals surface area contributed by atoms with Crippen LogP contribution < -0.4 is 5.32 Å². The third-order valence-corrected chi connectivity index (χ3v) is 5.52. The van der Waals surface area contributed by atoms with E-state index in [4.69, 9.17) is 0 Å². The summed E-state index contributed by atoms with van der Waals surface area (Å²) in [5.41, 5.74) is 6.08. The number of hydrogen-bond acceptors (Lipinski definition) is 3. The summed E-state index contributed by atoms with van der Waals surface area (Å²) in [6.45, 7) is 2.59. The Hall–Kier alpha value is -2.53. The number of carbonyl (C=O) groups excluding carboxylic acids is 1. The van der Waals surface area contributed by atoms with E-state index in [-0.39, 0.29) is 5.91 Å². The standard InChI is InChI=1S/C20H19N3OS/c1-13-8-9-17-15(10-13)19-16(12-25-17)18(22-23(19)2)20(24)21-11-14-6-4-3-5-7-14/h3-10H,11-12H2,1-2H3,(H,21,24). The number of hydrogen-bond donors (Lipinski definition) is 1. The van der Waals surface area contributed by atoms with Gasteiger partial charge in [-0.3, -0.25) is 9.48 Å². The van der Waals surface area contributed by atoms with Crippen molar-refractivity contribution in [2.45, 2.75) is 24.1 Å². The molecule has 0 bridgehead atoms. The van der Waals surface area contributed by atoms with E-state index in [1.165, 1.54) is 16.0 Å². The molecule has 25 heavy (non-hydrogen) atoms. The summed E-state index contributed by atoms with van der Waals surface area (Å²) in [6.07, 6.45) is 0. The number of rotatable bonds is 3. The molecule has 1 amide bonds. The molecule has 0 aliphatic carbocycles. The van der Waals surface area contributed by atoms with Crippen LogP contribution in [0, 0.1) is 6.92 Å². The van der Waals surface area contributed by atoms with Crippen LogP contribution in [0.5, 0.6) is 0 Å². The number of benzene rings is 2. The molecular formula is C20H19N3OS. The summed E-state index contributed by atoms with van der Waals surface area (Å²) in [7, 11) is 1.91. The van der Waals surface area contributed by atoms with Crippen LogP contribution in [0.25, 0.3) is 11.3 Å². The molecule has 0 fully saturated rings. The summed E-state index contributed by atoms with van der Waals surface area (Å²) < 4.78 is 1.84. The molecule has 1 aliphatic heterocycles. The Bertz CT molecular complexity index is 947. The lowest BCUT2D eigenvalue weighted by molar-refractivity contribution is 0.0944. The lowest BCUT2D eigenvalue weighted by Crippen LogP contribution is -2.24. The SMILES string of the molecule is Cc1ccc2c(c1)-c1c(c(C(=O)NCc3ccccc3)nn1C)CS2. The van der Waals surface area contributed by atoms with Gasteiger partial charge in [-0.15, -0.1) is 11.8 Å². The summed E-state index contributed by atoms with van der Waals surface area (Å²) in [4.78, 5) is 13.9. The predicted octanol–water partition coefficient (Wildman–Crippen LogP) is 3.93. The summed E-state index contributed by atoms with van der Waals surface area (Å²) in [5, 5.41) is 7.51. The molecule has 1 N–H and O–H groups in total. The average molecular weight is 349 g/mol. The maximum atomic E-state index is 12.7.